The van der Waals surface area contributed by atoms with Gasteiger partial charge >= 0.3 is 0 Å². The molecule has 4 nitrogen and oxygen atoms in total. The van der Waals surface area contributed by atoms with Crippen LogP contribution in [0.1, 0.15) is 43.4 Å². The van der Waals surface area contributed by atoms with Gasteiger partial charge in [-0.05, 0) is 24.8 Å². The van der Waals surface area contributed by atoms with Crippen molar-refractivity contribution in [3.05, 3.63) is 52.9 Å². The van der Waals surface area contributed by atoms with Crippen molar-refractivity contribution in [3.63, 3.8) is 0 Å². The Hall–Kier alpha value is -1.65. The molecule has 1 aliphatic carbocycles. The fourth-order valence-electron chi connectivity index (χ4n) is 3.49. The lowest BCUT2D eigenvalue weighted by Crippen LogP contribution is -2.39. The Kier molecular flexibility index (Phi) is 4.83. The van der Waals surface area contributed by atoms with Gasteiger partial charge in [0.15, 0.2) is 0 Å². The minimum atomic E-state index is -1.25. The third kappa shape index (κ3) is 3.06. The first kappa shape index (κ1) is 16.2. The van der Waals surface area contributed by atoms with Crippen molar-refractivity contribution in [3.8, 4) is 5.88 Å². The Morgan fingerprint density at radius 3 is 2.61 bits per heavy atom. The molecule has 1 saturated carbocycles. The molecule has 122 valence electrons. The number of hydrogen-bond acceptors (Lipinski definition) is 4. The zero-order valence-corrected chi connectivity index (χ0v) is 14.0. The lowest BCUT2D eigenvalue weighted by Gasteiger charge is -2.38. The minimum Gasteiger partial charge on any atom is -0.480 e. The smallest absolute Gasteiger partial charge is 0.232 e. The lowest BCUT2D eigenvalue weighted by molar-refractivity contribution is -0.00507. The SMILES string of the molecule is COc1cncc(C(O)(c2ccccc2Cl)C2CCCCC2)n1. The van der Waals surface area contributed by atoms with E-state index in [9.17, 15) is 5.11 Å². The van der Waals surface area contributed by atoms with E-state index in [-0.39, 0.29) is 5.92 Å². The largest absolute Gasteiger partial charge is 0.480 e. The van der Waals surface area contributed by atoms with Crippen molar-refractivity contribution >= 4 is 11.6 Å². The van der Waals surface area contributed by atoms with Gasteiger partial charge in [-0.3, -0.25) is 4.98 Å². The molecule has 3 rings (SSSR count). The Bertz CT molecular complexity index is 674. The fourth-order valence-corrected chi connectivity index (χ4v) is 3.77. The molecule has 1 N–H and O–H groups in total. The minimum absolute atomic E-state index is 0.0672. The lowest BCUT2D eigenvalue weighted by atomic mass is 9.72. The number of nitrogens with zero attached hydrogens (tertiary/aromatic N) is 2. The van der Waals surface area contributed by atoms with Gasteiger partial charge in [-0.2, -0.15) is 0 Å². The zero-order valence-electron chi connectivity index (χ0n) is 13.2. The normalized spacial score (nSPS) is 18.4. The molecular weight excluding hydrogens is 312 g/mol. The van der Waals surface area contributed by atoms with Crippen molar-refractivity contribution in [2.24, 2.45) is 5.92 Å². The highest BCUT2D eigenvalue weighted by atomic mass is 35.5. The molecule has 1 aromatic carbocycles. The number of methoxy groups -OCH3 is 1. The van der Waals surface area contributed by atoms with Crippen molar-refractivity contribution in [1.82, 2.24) is 9.97 Å². The molecule has 0 bridgehead atoms. The summed E-state index contributed by atoms with van der Waals surface area (Å²) in [5.74, 6) is 0.460. The first-order valence-electron chi connectivity index (χ1n) is 8.00. The van der Waals surface area contributed by atoms with E-state index < -0.39 is 5.60 Å². The van der Waals surface area contributed by atoms with Gasteiger partial charge in [0, 0.05) is 10.6 Å². The maximum atomic E-state index is 11.7. The van der Waals surface area contributed by atoms with Gasteiger partial charge in [-0.1, -0.05) is 49.1 Å². The van der Waals surface area contributed by atoms with Crippen LogP contribution in [0.5, 0.6) is 5.88 Å². The van der Waals surface area contributed by atoms with E-state index in [0.717, 1.165) is 25.7 Å². The fraction of sp³-hybridized carbons (Fsp3) is 0.444. The third-order valence-corrected chi connectivity index (χ3v) is 5.02. The van der Waals surface area contributed by atoms with Gasteiger partial charge in [-0.25, -0.2) is 4.98 Å². The van der Waals surface area contributed by atoms with E-state index in [1.807, 2.05) is 18.2 Å². The van der Waals surface area contributed by atoms with Crippen LogP contribution in [0, 0.1) is 5.92 Å². The first-order chi connectivity index (χ1) is 11.2. The summed E-state index contributed by atoms with van der Waals surface area (Å²) >= 11 is 6.41. The van der Waals surface area contributed by atoms with Crippen molar-refractivity contribution < 1.29 is 9.84 Å². The average Bonchev–Trinajstić information content (AvgIpc) is 2.62. The molecule has 0 saturated heterocycles. The molecule has 0 aliphatic heterocycles. The number of ether oxygens (including phenoxy) is 1. The zero-order chi connectivity index (χ0) is 16.3. The van der Waals surface area contributed by atoms with Gasteiger partial charge in [0.05, 0.1) is 25.2 Å². The molecule has 1 aliphatic rings. The molecule has 1 heterocycles. The monoisotopic (exact) mass is 332 g/mol. The van der Waals surface area contributed by atoms with Crippen LogP contribution >= 0.6 is 11.6 Å². The predicted molar refractivity (Wildman–Crippen MR) is 89.6 cm³/mol. The average molecular weight is 333 g/mol. The van der Waals surface area contributed by atoms with Crippen molar-refractivity contribution in [2.75, 3.05) is 7.11 Å². The molecule has 1 unspecified atom stereocenters. The number of rotatable bonds is 4. The quantitative estimate of drug-likeness (QED) is 0.921. The number of halogens is 1. The summed E-state index contributed by atoms with van der Waals surface area (Å²) in [5, 5.41) is 12.3. The maximum Gasteiger partial charge on any atom is 0.232 e. The molecule has 0 spiro atoms. The molecule has 5 heteroatoms. The topological polar surface area (TPSA) is 55.2 Å². The molecular formula is C18H21ClN2O2. The molecule has 1 aromatic heterocycles. The second kappa shape index (κ2) is 6.85. The van der Waals surface area contributed by atoms with Crippen LogP contribution in [0.25, 0.3) is 0 Å². The van der Waals surface area contributed by atoms with E-state index in [2.05, 4.69) is 9.97 Å². The van der Waals surface area contributed by atoms with Gasteiger partial charge in [-0.15, -0.1) is 0 Å². The molecule has 0 amide bonds. The second-order valence-electron chi connectivity index (χ2n) is 6.03. The van der Waals surface area contributed by atoms with E-state index in [0.29, 0.717) is 22.2 Å². The number of benzene rings is 1. The van der Waals surface area contributed by atoms with Gasteiger partial charge < -0.3 is 9.84 Å². The van der Waals surface area contributed by atoms with E-state index in [1.54, 1.807) is 19.4 Å². The van der Waals surface area contributed by atoms with E-state index >= 15 is 0 Å². The Labute approximate surface area is 141 Å². The Morgan fingerprint density at radius 2 is 1.91 bits per heavy atom. The third-order valence-electron chi connectivity index (χ3n) is 4.69. The molecule has 23 heavy (non-hydrogen) atoms. The summed E-state index contributed by atoms with van der Waals surface area (Å²) in [4.78, 5) is 8.64. The summed E-state index contributed by atoms with van der Waals surface area (Å²) in [5.41, 5.74) is -0.0618. The summed E-state index contributed by atoms with van der Waals surface area (Å²) < 4.78 is 5.19. The van der Waals surface area contributed by atoms with Crippen LogP contribution in [0.4, 0.5) is 0 Å². The summed E-state index contributed by atoms with van der Waals surface area (Å²) in [6, 6.07) is 7.43. The van der Waals surface area contributed by atoms with Crippen molar-refractivity contribution in [2.45, 2.75) is 37.7 Å². The van der Waals surface area contributed by atoms with Crippen molar-refractivity contribution in [1.29, 1.82) is 0 Å². The van der Waals surface area contributed by atoms with Crippen LogP contribution in [0.3, 0.4) is 0 Å². The highest BCUT2D eigenvalue weighted by Gasteiger charge is 2.43. The number of aliphatic hydroxyl groups is 1. The molecule has 0 radical (unpaired) electrons. The summed E-state index contributed by atoms with van der Waals surface area (Å²) in [6.45, 7) is 0. The summed E-state index contributed by atoms with van der Waals surface area (Å²) in [6.07, 6.45) is 8.46. The highest BCUT2D eigenvalue weighted by molar-refractivity contribution is 6.31. The Morgan fingerprint density at radius 1 is 1.17 bits per heavy atom. The van der Waals surface area contributed by atoms with E-state index in [4.69, 9.17) is 16.3 Å². The Balaban J connectivity index is 2.14. The highest BCUT2D eigenvalue weighted by Crippen LogP contribution is 2.45. The van der Waals surface area contributed by atoms with Crippen LogP contribution in [0.15, 0.2) is 36.7 Å². The van der Waals surface area contributed by atoms with E-state index in [1.165, 1.54) is 12.6 Å². The standard InChI is InChI=1S/C18H21ClN2O2/c1-23-17-12-20-11-16(21-17)18(22,13-7-3-2-4-8-13)14-9-5-6-10-15(14)19/h5-6,9-13,22H,2-4,7-8H2,1H3. The predicted octanol–water partition coefficient (Wildman–Crippen LogP) is 3.95. The van der Waals surface area contributed by atoms with Gasteiger partial charge in [0.25, 0.3) is 0 Å². The van der Waals surface area contributed by atoms with Crippen LogP contribution in [-0.4, -0.2) is 22.2 Å². The second-order valence-corrected chi connectivity index (χ2v) is 6.44. The maximum absolute atomic E-state index is 11.7. The number of aromatic nitrogens is 2. The summed E-state index contributed by atoms with van der Waals surface area (Å²) in [7, 11) is 1.54. The van der Waals surface area contributed by atoms with Crippen LogP contribution < -0.4 is 4.74 Å². The molecule has 1 fully saturated rings. The molecule has 1 atom stereocenters. The molecule has 2 aromatic rings. The van der Waals surface area contributed by atoms with Crippen LogP contribution in [-0.2, 0) is 5.60 Å². The van der Waals surface area contributed by atoms with Crippen LogP contribution in [0.2, 0.25) is 5.02 Å². The number of hydrogen-bond donors (Lipinski definition) is 1. The van der Waals surface area contributed by atoms with Gasteiger partial charge in [0.2, 0.25) is 5.88 Å². The van der Waals surface area contributed by atoms with Gasteiger partial charge in [0.1, 0.15) is 5.60 Å². The first-order valence-corrected chi connectivity index (χ1v) is 8.38.